The molecular formula is C28H25N7O9. The van der Waals surface area contributed by atoms with Gasteiger partial charge in [-0.15, -0.1) is 0 Å². The molecule has 0 aromatic carbocycles. The van der Waals surface area contributed by atoms with Crippen LogP contribution in [0, 0.1) is 0 Å². The van der Waals surface area contributed by atoms with Crippen LogP contribution in [0.5, 0.6) is 17.4 Å². The number of aliphatic carboxylic acids is 2. The largest absolute Gasteiger partial charge is 0.490 e. The van der Waals surface area contributed by atoms with Crippen molar-refractivity contribution in [2.24, 2.45) is 0 Å². The molecule has 4 N–H and O–H groups in total. The zero-order valence-electron chi connectivity index (χ0n) is 23.1. The van der Waals surface area contributed by atoms with Gasteiger partial charge in [-0.25, -0.2) is 19.6 Å². The fraction of sp³-hybridized carbons (Fsp3) is 0.214. The summed E-state index contributed by atoms with van der Waals surface area (Å²) in [7, 11) is 1.51. The fourth-order valence-electron chi connectivity index (χ4n) is 4.31. The third-order valence-corrected chi connectivity index (χ3v) is 6.31. The first-order valence-corrected chi connectivity index (χ1v) is 13.0. The third-order valence-electron chi connectivity index (χ3n) is 6.31. The Bertz CT molecular complexity index is 1820. The maximum Gasteiger partial charge on any atom is 0.328 e. The Hall–Kier alpha value is -5.90. The molecular weight excluding hydrogens is 578 g/mol. The van der Waals surface area contributed by atoms with Crippen LogP contribution in [0.2, 0.25) is 0 Å². The Labute approximate surface area is 248 Å². The van der Waals surface area contributed by atoms with Gasteiger partial charge >= 0.3 is 11.9 Å². The number of carboxylic acid groups (broad SMARTS) is 2. The molecule has 1 atom stereocenters. The maximum atomic E-state index is 12.7. The number of carbonyl (C=O) groups is 3. The number of hydrogen-bond acceptors (Lipinski definition) is 12. The summed E-state index contributed by atoms with van der Waals surface area (Å²) in [4.78, 5) is 60.9. The smallest absolute Gasteiger partial charge is 0.328 e. The highest BCUT2D eigenvalue weighted by atomic mass is 16.5. The monoisotopic (exact) mass is 603 g/mol. The second-order valence-corrected chi connectivity index (χ2v) is 9.36. The van der Waals surface area contributed by atoms with Crippen molar-refractivity contribution in [2.45, 2.75) is 19.0 Å². The molecule has 44 heavy (non-hydrogen) atoms. The van der Waals surface area contributed by atoms with Gasteiger partial charge in [0.25, 0.3) is 11.5 Å². The minimum atomic E-state index is -1.26. The second-order valence-electron chi connectivity index (χ2n) is 9.36. The molecule has 1 unspecified atom stereocenters. The van der Waals surface area contributed by atoms with Gasteiger partial charge in [-0.05, 0) is 18.2 Å². The van der Waals surface area contributed by atoms with Crippen LogP contribution in [0.3, 0.4) is 0 Å². The minimum absolute atomic E-state index is 0.00343. The molecule has 0 saturated heterocycles. The van der Waals surface area contributed by atoms with Crippen LogP contribution in [0.1, 0.15) is 11.4 Å². The predicted octanol–water partition coefficient (Wildman–Crippen LogP) is 0.715. The number of hydrogen-bond donors (Lipinski definition) is 4. The number of methoxy groups -OCH3 is 1. The number of carboxylic acids is 2. The highest BCUT2D eigenvalue weighted by Crippen LogP contribution is 2.27. The average molecular weight is 604 g/mol. The van der Waals surface area contributed by atoms with Crippen molar-refractivity contribution in [3.05, 3.63) is 76.6 Å². The second kappa shape index (κ2) is 13.0. The van der Waals surface area contributed by atoms with Crippen molar-refractivity contribution >= 4 is 34.8 Å². The van der Waals surface area contributed by atoms with E-state index in [1.54, 1.807) is 30.5 Å². The number of nitrogens with zero attached hydrogens (tertiary/aromatic N) is 5. The van der Waals surface area contributed by atoms with Crippen molar-refractivity contribution in [2.75, 3.05) is 25.6 Å². The van der Waals surface area contributed by atoms with Gasteiger partial charge in [0.1, 0.15) is 17.9 Å². The topological polar surface area (TPSA) is 217 Å². The number of aromatic nitrogens is 5. The number of rotatable bonds is 7. The number of carbonyl (C=O) groups excluding carboxylic acids is 1. The van der Waals surface area contributed by atoms with Gasteiger partial charge in [0, 0.05) is 43.3 Å². The van der Waals surface area contributed by atoms with E-state index < -0.39 is 11.9 Å². The number of fused-ring (bicyclic) bond motifs is 3. The summed E-state index contributed by atoms with van der Waals surface area (Å²) in [6.45, 7) is 0.897. The summed E-state index contributed by atoms with van der Waals surface area (Å²) < 4.78 is 18.0. The lowest BCUT2D eigenvalue weighted by atomic mass is 10.1. The molecule has 2 aliphatic heterocycles. The van der Waals surface area contributed by atoms with Crippen LogP contribution in [0.4, 0.5) is 5.82 Å². The van der Waals surface area contributed by atoms with Gasteiger partial charge < -0.3 is 35.1 Å². The normalized spacial score (nSPS) is 15.1. The molecule has 1 amide bonds. The molecule has 4 aromatic heterocycles. The minimum Gasteiger partial charge on any atom is -0.490 e. The quantitative estimate of drug-likeness (QED) is 0.214. The van der Waals surface area contributed by atoms with Crippen LogP contribution >= 0.6 is 0 Å². The number of pyridine rings is 3. The molecule has 2 aliphatic rings. The summed E-state index contributed by atoms with van der Waals surface area (Å²) in [6.07, 6.45) is 4.63. The Morgan fingerprint density at radius 3 is 2.61 bits per heavy atom. The van der Waals surface area contributed by atoms with Crippen LogP contribution in [0.15, 0.2) is 59.7 Å². The van der Waals surface area contributed by atoms with Crippen LogP contribution in [-0.4, -0.2) is 78.9 Å². The molecule has 6 rings (SSSR count). The van der Waals surface area contributed by atoms with Crippen molar-refractivity contribution in [3.63, 3.8) is 0 Å². The maximum absolute atomic E-state index is 12.7. The molecule has 4 aromatic rings. The van der Waals surface area contributed by atoms with E-state index in [4.69, 9.17) is 24.4 Å². The van der Waals surface area contributed by atoms with E-state index in [0.29, 0.717) is 71.8 Å². The van der Waals surface area contributed by atoms with E-state index in [1.807, 2.05) is 6.07 Å². The summed E-state index contributed by atoms with van der Waals surface area (Å²) >= 11 is 0. The van der Waals surface area contributed by atoms with Crippen LogP contribution < -0.4 is 30.4 Å². The van der Waals surface area contributed by atoms with E-state index in [2.05, 4.69) is 30.6 Å². The molecule has 0 bridgehead atoms. The van der Waals surface area contributed by atoms with E-state index in [9.17, 15) is 19.2 Å². The zero-order chi connectivity index (χ0) is 31.2. The fourth-order valence-corrected chi connectivity index (χ4v) is 4.31. The molecule has 0 radical (unpaired) electrons. The van der Waals surface area contributed by atoms with E-state index in [-0.39, 0.29) is 24.1 Å². The first-order chi connectivity index (χ1) is 21.2. The third kappa shape index (κ3) is 6.93. The molecule has 16 heteroatoms. The Morgan fingerprint density at radius 2 is 1.86 bits per heavy atom. The standard InChI is InChI=1S/C24H21N7O5.C4H4O4/c1-34-21-5-3-16-24(30-21)31(22(33)10-27-16)15-7-19-17(26-9-15)6-14(11-35-19)25-8-13-2-4-18-23(28-13)29-20(32)12-36-18;5-3(6)1-2-4(7)8/h2-5,7,9-10,14,25H,6,8,11-12H2,1H3,(H,28,29,32);1-2H,(H,5,6)(H,7,8)/b;2-1+. The lowest BCUT2D eigenvalue weighted by Gasteiger charge is -2.26. The summed E-state index contributed by atoms with van der Waals surface area (Å²) in [5.74, 6) is -0.765. The van der Waals surface area contributed by atoms with Gasteiger partial charge in [-0.2, -0.15) is 4.98 Å². The van der Waals surface area contributed by atoms with Gasteiger partial charge in [0.05, 0.1) is 36.6 Å². The number of ether oxygens (including phenoxy) is 3. The number of anilines is 1. The van der Waals surface area contributed by atoms with E-state index >= 15 is 0 Å². The van der Waals surface area contributed by atoms with Gasteiger partial charge in [0.15, 0.2) is 23.8 Å². The first-order valence-electron chi connectivity index (χ1n) is 13.0. The van der Waals surface area contributed by atoms with Gasteiger partial charge in [0.2, 0.25) is 5.88 Å². The summed E-state index contributed by atoms with van der Waals surface area (Å²) in [5.41, 5.74) is 2.66. The Kier molecular flexibility index (Phi) is 8.71. The van der Waals surface area contributed by atoms with E-state index in [0.717, 1.165) is 11.4 Å². The lowest BCUT2D eigenvalue weighted by molar-refractivity contribution is -0.134. The summed E-state index contributed by atoms with van der Waals surface area (Å²) in [5, 5.41) is 21.8. The predicted molar refractivity (Wildman–Crippen MR) is 152 cm³/mol. The highest BCUT2D eigenvalue weighted by molar-refractivity contribution is 5.94. The first kappa shape index (κ1) is 29.6. The molecule has 0 spiro atoms. The summed E-state index contributed by atoms with van der Waals surface area (Å²) in [6, 6.07) is 8.88. The molecule has 0 aliphatic carbocycles. The molecule has 16 nitrogen and oxygen atoms in total. The van der Waals surface area contributed by atoms with Crippen molar-refractivity contribution in [1.29, 1.82) is 0 Å². The molecule has 226 valence electrons. The van der Waals surface area contributed by atoms with Gasteiger partial charge in [-0.1, -0.05) is 0 Å². The average Bonchev–Trinajstić information content (AvgIpc) is 3.02. The van der Waals surface area contributed by atoms with Crippen molar-refractivity contribution in [1.82, 2.24) is 29.8 Å². The van der Waals surface area contributed by atoms with E-state index in [1.165, 1.54) is 17.9 Å². The Morgan fingerprint density at radius 1 is 1.07 bits per heavy atom. The highest BCUT2D eigenvalue weighted by Gasteiger charge is 2.23. The number of nitrogens with one attached hydrogen (secondary N) is 2. The molecule has 0 fully saturated rings. The van der Waals surface area contributed by atoms with Crippen LogP contribution in [-0.2, 0) is 27.3 Å². The molecule has 6 heterocycles. The molecule has 0 saturated carbocycles. The van der Waals surface area contributed by atoms with Crippen molar-refractivity contribution in [3.8, 4) is 23.1 Å². The van der Waals surface area contributed by atoms with Crippen LogP contribution in [0.25, 0.3) is 16.9 Å². The van der Waals surface area contributed by atoms with Crippen molar-refractivity contribution < 1.29 is 38.8 Å². The van der Waals surface area contributed by atoms with Gasteiger partial charge in [-0.3, -0.25) is 19.1 Å². The SMILES string of the molecule is COc1ccc2ncc(=O)n(-c3cnc4c(c3)OCC(NCc3ccc5c(n3)NC(=O)CO5)C4)c2n1.O=C(O)/C=C/C(=O)O. The lowest BCUT2D eigenvalue weighted by Crippen LogP contribution is -2.39. The zero-order valence-corrected chi connectivity index (χ0v) is 23.1. The Balaban J connectivity index is 0.000000426. The number of amides is 1.